The third-order valence-corrected chi connectivity index (χ3v) is 1.05. The van der Waals surface area contributed by atoms with E-state index in [1.54, 1.807) is 0 Å². The van der Waals surface area contributed by atoms with Gasteiger partial charge in [-0.05, 0) is 12.1 Å². The minimum absolute atomic E-state index is 0. The van der Waals surface area contributed by atoms with Crippen LogP contribution in [-0.4, -0.2) is 10.8 Å². The van der Waals surface area contributed by atoms with Crippen molar-refractivity contribution in [2.75, 3.05) is 0 Å². The van der Waals surface area contributed by atoms with Gasteiger partial charge in [0.15, 0.2) is 0 Å². The Hall–Kier alpha value is -1.16. The second-order valence-corrected chi connectivity index (χ2v) is 1.76. The molecule has 3 nitrogen and oxygen atoms in total. The second-order valence-electron chi connectivity index (χ2n) is 1.76. The predicted molar refractivity (Wildman–Crippen MR) is 42.5 cm³/mol. The van der Waals surface area contributed by atoms with Crippen LogP contribution in [0.3, 0.4) is 0 Å². The van der Waals surface area contributed by atoms with E-state index in [4.69, 9.17) is 11.1 Å². The lowest BCUT2D eigenvalue weighted by atomic mass is 10.2. The molecule has 1 rings (SSSR count). The molecule has 0 spiro atoms. The molecule has 3 N–H and O–H groups in total. The van der Waals surface area contributed by atoms with Crippen molar-refractivity contribution in [3.8, 4) is 0 Å². The first kappa shape index (κ1) is 9.84. The Morgan fingerprint density at radius 2 is 2.27 bits per heavy atom. The number of halogens is 2. The van der Waals surface area contributed by atoms with Crippen LogP contribution < -0.4 is 5.73 Å². The van der Waals surface area contributed by atoms with E-state index in [2.05, 4.69) is 4.98 Å². The van der Waals surface area contributed by atoms with E-state index in [9.17, 15) is 4.39 Å². The normalized spacial score (nSPS) is 8.45. The Kier molecular flexibility index (Phi) is 3.47. The van der Waals surface area contributed by atoms with Crippen LogP contribution in [0.2, 0.25) is 0 Å². The van der Waals surface area contributed by atoms with Gasteiger partial charge in [-0.1, -0.05) is 0 Å². The molecule has 11 heavy (non-hydrogen) atoms. The highest BCUT2D eigenvalue weighted by atomic mass is 35.5. The van der Waals surface area contributed by atoms with Gasteiger partial charge in [0, 0.05) is 6.20 Å². The van der Waals surface area contributed by atoms with Gasteiger partial charge in [0.2, 0.25) is 5.95 Å². The lowest BCUT2D eigenvalue weighted by molar-refractivity contribution is 0.581. The van der Waals surface area contributed by atoms with E-state index < -0.39 is 5.95 Å². The van der Waals surface area contributed by atoms with Gasteiger partial charge < -0.3 is 5.73 Å². The van der Waals surface area contributed by atoms with Crippen molar-refractivity contribution in [1.29, 1.82) is 5.41 Å². The largest absolute Gasteiger partial charge is 0.384 e. The fraction of sp³-hybridized carbons (Fsp3) is 0. The Morgan fingerprint density at radius 1 is 1.64 bits per heavy atom. The van der Waals surface area contributed by atoms with Gasteiger partial charge in [-0.25, -0.2) is 4.98 Å². The summed E-state index contributed by atoms with van der Waals surface area (Å²) in [7, 11) is 0. The fourth-order valence-electron chi connectivity index (χ4n) is 0.587. The lowest BCUT2D eigenvalue weighted by Crippen LogP contribution is -2.13. The molecule has 1 heterocycles. The summed E-state index contributed by atoms with van der Waals surface area (Å²) < 4.78 is 12.5. The molecule has 1 aromatic rings. The summed E-state index contributed by atoms with van der Waals surface area (Å²) in [6.07, 6.45) is 1.31. The summed E-state index contributed by atoms with van der Waals surface area (Å²) in [5, 5.41) is 6.87. The van der Waals surface area contributed by atoms with Crippen molar-refractivity contribution in [3.63, 3.8) is 0 Å². The number of hydrogen-bond donors (Lipinski definition) is 2. The van der Waals surface area contributed by atoms with E-state index in [0.717, 1.165) is 0 Å². The van der Waals surface area contributed by atoms with Gasteiger partial charge in [0.05, 0.1) is 5.56 Å². The van der Waals surface area contributed by atoms with E-state index in [1.165, 1.54) is 18.3 Å². The molecule has 0 aliphatic heterocycles. The van der Waals surface area contributed by atoms with E-state index >= 15 is 0 Å². The number of amidine groups is 1. The van der Waals surface area contributed by atoms with Gasteiger partial charge in [0.1, 0.15) is 5.84 Å². The molecule has 0 atom stereocenters. The highest BCUT2D eigenvalue weighted by Gasteiger charge is 2.02. The van der Waals surface area contributed by atoms with Crippen LogP contribution in [0.4, 0.5) is 4.39 Å². The zero-order valence-electron chi connectivity index (χ0n) is 5.54. The van der Waals surface area contributed by atoms with Crippen LogP contribution >= 0.6 is 12.4 Å². The average molecular weight is 176 g/mol. The highest BCUT2D eigenvalue weighted by Crippen LogP contribution is 2.00. The van der Waals surface area contributed by atoms with E-state index in [0.29, 0.717) is 0 Å². The van der Waals surface area contributed by atoms with Gasteiger partial charge in [-0.15, -0.1) is 12.4 Å². The molecular formula is C6H7ClFN3. The molecule has 1 aromatic heterocycles. The van der Waals surface area contributed by atoms with Crippen molar-refractivity contribution in [3.05, 3.63) is 29.8 Å². The van der Waals surface area contributed by atoms with Crippen molar-refractivity contribution in [2.24, 2.45) is 5.73 Å². The SMILES string of the molecule is Cl.N=C(N)c1cccnc1F. The van der Waals surface area contributed by atoms with Gasteiger partial charge >= 0.3 is 0 Å². The molecular weight excluding hydrogens is 169 g/mol. The quantitative estimate of drug-likeness (QED) is 0.379. The van der Waals surface area contributed by atoms with Crippen LogP contribution in [0.5, 0.6) is 0 Å². The third kappa shape index (κ3) is 2.16. The number of rotatable bonds is 1. The number of pyridine rings is 1. The molecule has 0 amide bonds. The maximum Gasteiger partial charge on any atom is 0.223 e. The van der Waals surface area contributed by atoms with Gasteiger partial charge in [0.25, 0.3) is 0 Å². The first-order chi connectivity index (χ1) is 4.72. The molecule has 0 aliphatic carbocycles. The zero-order valence-corrected chi connectivity index (χ0v) is 6.36. The molecule has 0 bridgehead atoms. The second kappa shape index (κ2) is 3.88. The molecule has 60 valence electrons. The van der Waals surface area contributed by atoms with Crippen LogP contribution in [-0.2, 0) is 0 Å². The number of hydrogen-bond acceptors (Lipinski definition) is 2. The van der Waals surface area contributed by atoms with Gasteiger partial charge in [-0.2, -0.15) is 4.39 Å². The smallest absolute Gasteiger partial charge is 0.223 e. The van der Waals surface area contributed by atoms with E-state index in [1.807, 2.05) is 0 Å². The summed E-state index contributed by atoms with van der Waals surface area (Å²) >= 11 is 0. The first-order valence-corrected chi connectivity index (χ1v) is 2.66. The minimum Gasteiger partial charge on any atom is -0.384 e. The number of nitrogens with zero attached hydrogens (tertiary/aromatic N) is 1. The molecule has 0 unspecified atom stereocenters. The predicted octanol–water partition coefficient (Wildman–Crippen LogP) is 0.927. The van der Waals surface area contributed by atoms with Gasteiger partial charge in [-0.3, -0.25) is 5.41 Å². The average Bonchev–Trinajstić information content (AvgIpc) is 1.88. The maximum atomic E-state index is 12.5. The van der Waals surface area contributed by atoms with Crippen molar-refractivity contribution >= 4 is 18.2 Å². The lowest BCUT2D eigenvalue weighted by Gasteiger charge is -1.95. The number of aromatic nitrogens is 1. The Labute approximate surface area is 69.4 Å². The molecule has 0 saturated carbocycles. The summed E-state index contributed by atoms with van der Waals surface area (Å²) in [4.78, 5) is 3.31. The standard InChI is InChI=1S/C6H6FN3.ClH/c7-5-4(6(8)9)2-1-3-10-5;/h1-3H,(H3,8,9);1H. The Balaban J connectivity index is 0.000001000. The molecule has 0 aliphatic rings. The van der Waals surface area contributed by atoms with E-state index in [-0.39, 0.29) is 23.8 Å². The number of nitrogens with one attached hydrogen (secondary N) is 1. The Bertz CT molecular complexity index is 264. The Morgan fingerprint density at radius 3 is 2.64 bits per heavy atom. The maximum absolute atomic E-state index is 12.5. The summed E-state index contributed by atoms with van der Waals surface area (Å²) in [6.45, 7) is 0. The molecule has 5 heteroatoms. The molecule has 0 radical (unpaired) electrons. The topological polar surface area (TPSA) is 62.8 Å². The summed E-state index contributed by atoms with van der Waals surface area (Å²) in [6, 6.07) is 2.94. The number of nitrogens with two attached hydrogens (primary N) is 1. The molecule has 0 aromatic carbocycles. The zero-order chi connectivity index (χ0) is 7.56. The van der Waals surface area contributed by atoms with Crippen molar-refractivity contribution in [2.45, 2.75) is 0 Å². The molecule has 0 fully saturated rings. The van der Waals surface area contributed by atoms with Crippen LogP contribution in [0, 0.1) is 11.4 Å². The highest BCUT2D eigenvalue weighted by molar-refractivity contribution is 5.94. The van der Waals surface area contributed by atoms with Crippen LogP contribution in [0.15, 0.2) is 18.3 Å². The third-order valence-electron chi connectivity index (χ3n) is 1.05. The van der Waals surface area contributed by atoms with Crippen LogP contribution in [0.1, 0.15) is 5.56 Å². The summed E-state index contributed by atoms with van der Waals surface area (Å²) in [5.41, 5.74) is 5.06. The minimum atomic E-state index is -0.699. The first-order valence-electron chi connectivity index (χ1n) is 2.66. The van der Waals surface area contributed by atoms with Crippen molar-refractivity contribution in [1.82, 2.24) is 4.98 Å². The van der Waals surface area contributed by atoms with Crippen molar-refractivity contribution < 1.29 is 4.39 Å². The fourth-order valence-corrected chi connectivity index (χ4v) is 0.587. The number of nitrogen functional groups attached to an aromatic ring is 1. The van der Waals surface area contributed by atoms with Crippen LogP contribution in [0.25, 0.3) is 0 Å². The summed E-state index contributed by atoms with van der Waals surface area (Å²) in [5.74, 6) is -0.999. The monoisotopic (exact) mass is 175 g/mol. The molecule has 0 saturated heterocycles.